The number of Topliss-reactive ketones (excluding diaryl/α,β-unsaturated/α-hetero) is 1. The van der Waals surface area contributed by atoms with E-state index in [0.29, 0.717) is 23.1 Å². The summed E-state index contributed by atoms with van der Waals surface area (Å²) in [5.41, 5.74) is 2.62. The Morgan fingerprint density at radius 3 is 2.76 bits per heavy atom. The fraction of sp³-hybridized carbons (Fsp3) is 0.286. The lowest BCUT2D eigenvalue weighted by molar-refractivity contribution is 0.102. The Labute approximate surface area is 172 Å². The third kappa shape index (κ3) is 4.95. The van der Waals surface area contributed by atoms with Crippen LogP contribution in [0.3, 0.4) is 0 Å². The minimum atomic E-state index is -0.504. The van der Waals surface area contributed by atoms with E-state index in [-0.39, 0.29) is 23.2 Å². The Hall–Kier alpha value is -2.87. The van der Waals surface area contributed by atoms with E-state index in [2.05, 4.69) is 16.8 Å². The molecule has 0 spiro atoms. The van der Waals surface area contributed by atoms with Gasteiger partial charge in [-0.3, -0.25) is 4.79 Å². The summed E-state index contributed by atoms with van der Waals surface area (Å²) < 4.78 is 26.3. The zero-order chi connectivity index (χ0) is 21.0. The number of aromatic nitrogens is 3. The number of rotatable bonds is 9. The number of carbonyl (C=O) groups excluding carboxylic acids is 1. The second kappa shape index (κ2) is 9.09. The first-order chi connectivity index (χ1) is 13.9. The molecule has 8 heteroatoms. The van der Waals surface area contributed by atoms with Crippen molar-refractivity contribution in [2.24, 2.45) is 0 Å². The van der Waals surface area contributed by atoms with Crippen molar-refractivity contribution >= 4 is 17.5 Å². The highest BCUT2D eigenvalue weighted by Gasteiger charge is 2.19. The smallest absolute Gasteiger partial charge is 0.277 e. The van der Waals surface area contributed by atoms with Gasteiger partial charge in [0.05, 0.1) is 5.75 Å². The highest BCUT2D eigenvalue weighted by molar-refractivity contribution is 7.99. The van der Waals surface area contributed by atoms with E-state index in [1.807, 2.05) is 24.5 Å². The van der Waals surface area contributed by atoms with Crippen LogP contribution in [0.4, 0.5) is 4.39 Å². The van der Waals surface area contributed by atoms with Gasteiger partial charge < -0.3 is 13.7 Å². The molecule has 1 aromatic carbocycles. The van der Waals surface area contributed by atoms with E-state index in [0.717, 1.165) is 11.4 Å². The molecule has 0 aliphatic rings. The Bertz CT molecular complexity index is 1010. The van der Waals surface area contributed by atoms with Gasteiger partial charge in [0.1, 0.15) is 11.6 Å². The van der Waals surface area contributed by atoms with Crippen molar-refractivity contribution in [3.05, 3.63) is 71.6 Å². The van der Waals surface area contributed by atoms with E-state index < -0.39 is 6.10 Å². The minimum absolute atomic E-state index is 0.00577. The molecule has 0 radical (unpaired) electrons. The average Bonchev–Trinajstić information content (AvgIpc) is 3.28. The molecule has 0 amide bonds. The topological polar surface area (TPSA) is 70.2 Å². The van der Waals surface area contributed by atoms with Crippen LogP contribution in [-0.4, -0.2) is 26.3 Å². The number of thioether (sulfide) groups is 1. The van der Waals surface area contributed by atoms with Crippen molar-refractivity contribution in [2.45, 2.75) is 38.6 Å². The summed E-state index contributed by atoms with van der Waals surface area (Å²) in [5.74, 6) is 0.628. The second-order valence-electron chi connectivity index (χ2n) is 6.52. The van der Waals surface area contributed by atoms with Crippen LogP contribution in [-0.2, 0) is 6.54 Å². The van der Waals surface area contributed by atoms with Gasteiger partial charge >= 0.3 is 0 Å². The van der Waals surface area contributed by atoms with Gasteiger partial charge in [0, 0.05) is 23.5 Å². The lowest BCUT2D eigenvalue weighted by Crippen LogP contribution is -2.06. The standard InChI is InChI=1S/C21H22FN3O3S/c1-5-10-25-13(2)11-18(14(25)3)19(26)12-29-21-24-23-20(28-21)15(4)27-17-8-6-16(22)7-9-17/h5-9,11,15H,1,10,12H2,2-4H3/t15-/m0/s1. The molecule has 1 atom stereocenters. The molecule has 0 saturated heterocycles. The number of hydrogen-bond acceptors (Lipinski definition) is 6. The third-order valence-electron chi connectivity index (χ3n) is 4.41. The summed E-state index contributed by atoms with van der Waals surface area (Å²) >= 11 is 1.18. The number of hydrogen-bond donors (Lipinski definition) is 0. The van der Waals surface area contributed by atoms with Gasteiger partial charge in [0.15, 0.2) is 11.9 Å². The van der Waals surface area contributed by atoms with Crippen LogP contribution >= 0.6 is 11.8 Å². The number of ketones is 1. The molecule has 0 fully saturated rings. The van der Waals surface area contributed by atoms with Crippen molar-refractivity contribution in [3.63, 3.8) is 0 Å². The molecule has 3 aromatic rings. The number of halogens is 1. The van der Waals surface area contributed by atoms with E-state index in [1.54, 1.807) is 13.0 Å². The zero-order valence-corrected chi connectivity index (χ0v) is 17.3. The highest BCUT2D eigenvalue weighted by Crippen LogP contribution is 2.25. The van der Waals surface area contributed by atoms with Gasteiger partial charge in [0.2, 0.25) is 0 Å². The van der Waals surface area contributed by atoms with E-state index in [4.69, 9.17) is 9.15 Å². The molecule has 152 valence electrons. The quantitative estimate of drug-likeness (QED) is 0.280. The van der Waals surface area contributed by atoms with E-state index in [9.17, 15) is 9.18 Å². The van der Waals surface area contributed by atoms with Crippen molar-refractivity contribution in [1.29, 1.82) is 0 Å². The number of benzene rings is 1. The SMILES string of the molecule is C=CCn1c(C)cc(C(=O)CSc2nnc([C@H](C)Oc3ccc(F)cc3)o2)c1C. The lowest BCUT2D eigenvalue weighted by Gasteiger charge is -2.10. The van der Waals surface area contributed by atoms with Crippen LogP contribution in [0.1, 0.15) is 40.7 Å². The Morgan fingerprint density at radius 2 is 2.07 bits per heavy atom. The van der Waals surface area contributed by atoms with Crippen molar-refractivity contribution in [3.8, 4) is 5.75 Å². The molecule has 0 aliphatic carbocycles. The molecule has 0 N–H and O–H groups in total. The van der Waals surface area contributed by atoms with Crippen molar-refractivity contribution < 1.29 is 18.3 Å². The molecule has 0 aliphatic heterocycles. The van der Waals surface area contributed by atoms with Crippen LogP contribution in [0.15, 0.2) is 52.6 Å². The van der Waals surface area contributed by atoms with Crippen LogP contribution < -0.4 is 4.74 Å². The first kappa shape index (κ1) is 20.9. The van der Waals surface area contributed by atoms with Crippen LogP contribution in [0.25, 0.3) is 0 Å². The van der Waals surface area contributed by atoms with Crippen LogP contribution in [0.5, 0.6) is 5.75 Å². The average molecular weight is 415 g/mol. The highest BCUT2D eigenvalue weighted by atomic mass is 32.2. The number of nitrogens with zero attached hydrogens (tertiary/aromatic N) is 3. The van der Waals surface area contributed by atoms with Gasteiger partial charge in [-0.25, -0.2) is 4.39 Å². The largest absolute Gasteiger partial charge is 0.481 e. The molecule has 0 saturated carbocycles. The molecule has 3 rings (SSSR count). The zero-order valence-electron chi connectivity index (χ0n) is 16.5. The summed E-state index contributed by atoms with van der Waals surface area (Å²) in [4.78, 5) is 12.6. The first-order valence-corrected chi connectivity index (χ1v) is 10.1. The molecule has 29 heavy (non-hydrogen) atoms. The molecule has 6 nitrogen and oxygen atoms in total. The van der Waals surface area contributed by atoms with Gasteiger partial charge in [-0.15, -0.1) is 16.8 Å². The summed E-state index contributed by atoms with van der Waals surface area (Å²) in [5, 5.41) is 8.24. The molecular formula is C21H22FN3O3S. The van der Waals surface area contributed by atoms with E-state index in [1.165, 1.54) is 36.0 Å². The molecule has 0 bridgehead atoms. The number of aryl methyl sites for hydroxylation is 1. The third-order valence-corrected chi connectivity index (χ3v) is 5.23. The Kier molecular flexibility index (Phi) is 6.53. The molecular weight excluding hydrogens is 393 g/mol. The maximum atomic E-state index is 13.0. The van der Waals surface area contributed by atoms with Gasteiger partial charge in [0.25, 0.3) is 11.1 Å². The maximum absolute atomic E-state index is 13.0. The number of allylic oxidation sites excluding steroid dienone is 1. The molecule has 2 aromatic heterocycles. The normalized spacial score (nSPS) is 12.0. The monoisotopic (exact) mass is 415 g/mol. The van der Waals surface area contributed by atoms with Crippen LogP contribution in [0.2, 0.25) is 0 Å². The molecule has 0 unspecified atom stereocenters. The lowest BCUT2D eigenvalue weighted by atomic mass is 10.2. The fourth-order valence-corrected chi connectivity index (χ4v) is 3.56. The predicted octanol–water partition coefficient (Wildman–Crippen LogP) is 4.93. The minimum Gasteiger partial charge on any atom is -0.481 e. The van der Waals surface area contributed by atoms with Gasteiger partial charge in [-0.1, -0.05) is 17.8 Å². The maximum Gasteiger partial charge on any atom is 0.277 e. The van der Waals surface area contributed by atoms with Crippen molar-refractivity contribution in [1.82, 2.24) is 14.8 Å². The number of ether oxygens (including phenoxy) is 1. The summed E-state index contributed by atoms with van der Waals surface area (Å²) in [6, 6.07) is 7.57. The fourth-order valence-electron chi connectivity index (χ4n) is 2.91. The Morgan fingerprint density at radius 1 is 1.34 bits per heavy atom. The van der Waals surface area contributed by atoms with Gasteiger partial charge in [-0.05, 0) is 51.1 Å². The summed E-state index contributed by atoms with van der Waals surface area (Å²) in [7, 11) is 0. The van der Waals surface area contributed by atoms with Crippen molar-refractivity contribution in [2.75, 3.05) is 5.75 Å². The second-order valence-corrected chi connectivity index (χ2v) is 7.44. The summed E-state index contributed by atoms with van der Waals surface area (Å²) in [6.45, 7) is 10.1. The van der Waals surface area contributed by atoms with Crippen LogP contribution in [0, 0.1) is 19.7 Å². The first-order valence-electron chi connectivity index (χ1n) is 9.08. The predicted molar refractivity (Wildman–Crippen MR) is 109 cm³/mol. The number of carbonyl (C=O) groups is 1. The summed E-state index contributed by atoms with van der Waals surface area (Å²) in [6.07, 6.45) is 1.30. The molecule has 2 heterocycles. The van der Waals surface area contributed by atoms with Gasteiger partial charge in [-0.2, -0.15) is 0 Å². The van der Waals surface area contributed by atoms with E-state index >= 15 is 0 Å². The Balaban J connectivity index is 1.60.